The van der Waals surface area contributed by atoms with Crippen LogP contribution in [-0.4, -0.2) is 35.0 Å². The first kappa shape index (κ1) is 20.3. The predicted octanol–water partition coefficient (Wildman–Crippen LogP) is 3.79. The van der Waals surface area contributed by atoms with Crippen molar-refractivity contribution in [1.82, 2.24) is 0 Å². The van der Waals surface area contributed by atoms with Gasteiger partial charge in [0.25, 0.3) is 0 Å². The van der Waals surface area contributed by atoms with E-state index in [-0.39, 0.29) is 24.8 Å². The molecular formula is C24H26O6. The third kappa shape index (κ3) is 3.52. The van der Waals surface area contributed by atoms with Crippen molar-refractivity contribution in [3.05, 3.63) is 66.5 Å². The molecule has 6 nitrogen and oxygen atoms in total. The standard InChI is InChI=1S/C24H26O6/c1-5-7-15-9-19-20(28-14-27-19)11-18(15)30-23(3,4)22-13-24(26)12-16(8-6-2)17(25)10-21(24)29-22/h5-6,9-12,22,26H,1-2,7-8,13-14H2,3-4H3. The molecule has 158 valence electrons. The van der Waals surface area contributed by atoms with Gasteiger partial charge in [0.05, 0.1) is 0 Å². The van der Waals surface area contributed by atoms with Crippen LogP contribution in [0.3, 0.4) is 0 Å². The molecule has 4 rings (SSSR count). The molecule has 0 radical (unpaired) electrons. The Balaban J connectivity index is 1.60. The number of carbonyl (C=O) groups excluding carboxylic acids is 1. The Hall–Kier alpha value is -2.99. The molecule has 0 aromatic heterocycles. The molecule has 6 heteroatoms. The number of aliphatic hydroxyl groups is 1. The molecule has 1 N–H and O–H groups in total. The first-order valence-electron chi connectivity index (χ1n) is 9.96. The second-order valence-corrected chi connectivity index (χ2v) is 8.28. The van der Waals surface area contributed by atoms with Crippen LogP contribution in [0.1, 0.15) is 32.3 Å². The van der Waals surface area contributed by atoms with Crippen molar-refractivity contribution >= 4 is 5.78 Å². The largest absolute Gasteiger partial charge is 0.487 e. The normalized spacial score (nSPS) is 24.5. The Morgan fingerprint density at radius 1 is 1.23 bits per heavy atom. The van der Waals surface area contributed by atoms with E-state index in [2.05, 4.69) is 13.2 Å². The fraction of sp³-hybridized carbons (Fsp3) is 0.375. The number of allylic oxidation sites excluding steroid dienone is 4. The quantitative estimate of drug-likeness (QED) is 0.690. The average Bonchev–Trinajstić information content (AvgIpc) is 3.26. The van der Waals surface area contributed by atoms with Gasteiger partial charge in [-0.25, -0.2) is 0 Å². The molecule has 0 bridgehead atoms. The van der Waals surface area contributed by atoms with E-state index in [1.807, 2.05) is 26.0 Å². The fourth-order valence-electron chi connectivity index (χ4n) is 3.97. The Labute approximate surface area is 176 Å². The summed E-state index contributed by atoms with van der Waals surface area (Å²) in [5.74, 6) is 2.04. The predicted molar refractivity (Wildman–Crippen MR) is 112 cm³/mol. The van der Waals surface area contributed by atoms with Crippen molar-refractivity contribution in [1.29, 1.82) is 0 Å². The number of ether oxygens (including phenoxy) is 4. The highest BCUT2D eigenvalue weighted by atomic mass is 16.7. The lowest BCUT2D eigenvalue weighted by atomic mass is 9.84. The zero-order valence-corrected chi connectivity index (χ0v) is 17.3. The lowest BCUT2D eigenvalue weighted by molar-refractivity contribution is -0.112. The molecule has 2 heterocycles. The highest BCUT2D eigenvalue weighted by Gasteiger charge is 2.51. The van der Waals surface area contributed by atoms with E-state index in [9.17, 15) is 9.90 Å². The smallest absolute Gasteiger partial charge is 0.231 e. The monoisotopic (exact) mass is 410 g/mol. The summed E-state index contributed by atoms with van der Waals surface area (Å²) in [5.41, 5.74) is -0.689. The molecule has 0 spiro atoms. The lowest BCUT2D eigenvalue weighted by Crippen LogP contribution is -2.42. The molecule has 1 saturated heterocycles. The van der Waals surface area contributed by atoms with Crippen molar-refractivity contribution in [2.75, 3.05) is 6.79 Å². The maximum absolute atomic E-state index is 12.3. The van der Waals surface area contributed by atoms with E-state index >= 15 is 0 Å². The van der Waals surface area contributed by atoms with Gasteiger partial charge in [-0.15, -0.1) is 13.2 Å². The highest BCUT2D eigenvalue weighted by Crippen LogP contribution is 2.45. The van der Waals surface area contributed by atoms with Crippen LogP contribution in [0.2, 0.25) is 0 Å². The van der Waals surface area contributed by atoms with Gasteiger partial charge in [-0.2, -0.15) is 0 Å². The van der Waals surface area contributed by atoms with Crippen LogP contribution in [0.25, 0.3) is 0 Å². The molecule has 1 fully saturated rings. The zero-order chi connectivity index (χ0) is 21.5. The molecule has 30 heavy (non-hydrogen) atoms. The van der Waals surface area contributed by atoms with Crippen LogP contribution in [0.4, 0.5) is 0 Å². The van der Waals surface area contributed by atoms with E-state index in [0.29, 0.717) is 35.7 Å². The Morgan fingerprint density at radius 2 is 1.93 bits per heavy atom. The third-order valence-electron chi connectivity index (χ3n) is 5.62. The van der Waals surface area contributed by atoms with Gasteiger partial charge in [0.15, 0.2) is 17.3 Å². The summed E-state index contributed by atoms with van der Waals surface area (Å²) in [7, 11) is 0. The number of hydrogen-bond acceptors (Lipinski definition) is 6. The number of ketones is 1. The number of carbonyl (C=O) groups is 1. The van der Waals surface area contributed by atoms with Gasteiger partial charge in [-0.05, 0) is 38.8 Å². The summed E-state index contributed by atoms with van der Waals surface area (Å²) >= 11 is 0. The van der Waals surface area contributed by atoms with E-state index in [1.54, 1.807) is 18.2 Å². The molecule has 2 aliphatic heterocycles. The van der Waals surface area contributed by atoms with Crippen LogP contribution in [0.5, 0.6) is 17.2 Å². The second-order valence-electron chi connectivity index (χ2n) is 8.28. The lowest BCUT2D eigenvalue weighted by Gasteiger charge is -2.32. The molecule has 2 atom stereocenters. The maximum atomic E-state index is 12.3. The Kier molecular flexibility index (Phi) is 4.98. The van der Waals surface area contributed by atoms with Gasteiger partial charge in [0, 0.05) is 29.7 Å². The Morgan fingerprint density at radius 3 is 2.63 bits per heavy atom. The summed E-state index contributed by atoms with van der Waals surface area (Å²) in [6.07, 6.45) is 7.22. The summed E-state index contributed by atoms with van der Waals surface area (Å²) in [5, 5.41) is 11.1. The van der Waals surface area contributed by atoms with Gasteiger partial charge in [-0.1, -0.05) is 12.2 Å². The minimum Gasteiger partial charge on any atom is -0.487 e. The first-order chi connectivity index (χ1) is 14.3. The van der Waals surface area contributed by atoms with Crippen LogP contribution < -0.4 is 14.2 Å². The molecule has 1 aliphatic carbocycles. The van der Waals surface area contributed by atoms with Crippen LogP contribution in [0.15, 0.2) is 60.9 Å². The summed E-state index contributed by atoms with van der Waals surface area (Å²) in [4.78, 5) is 12.3. The van der Waals surface area contributed by atoms with Crippen LogP contribution in [0, 0.1) is 0 Å². The summed E-state index contributed by atoms with van der Waals surface area (Å²) < 4.78 is 23.3. The molecule has 0 amide bonds. The first-order valence-corrected chi connectivity index (χ1v) is 9.96. The van der Waals surface area contributed by atoms with E-state index in [0.717, 1.165) is 5.56 Å². The number of benzene rings is 1. The Bertz CT molecular complexity index is 970. The minimum absolute atomic E-state index is 0.169. The number of rotatable bonds is 7. The molecule has 2 unspecified atom stereocenters. The SMILES string of the molecule is C=CCC1=CC2(O)CC(C(C)(C)Oc3cc4c(cc3CC=C)OCO4)OC2=CC1=O. The van der Waals surface area contributed by atoms with Crippen molar-refractivity contribution in [3.8, 4) is 17.2 Å². The van der Waals surface area contributed by atoms with E-state index in [1.165, 1.54) is 6.08 Å². The van der Waals surface area contributed by atoms with Gasteiger partial charge >= 0.3 is 0 Å². The van der Waals surface area contributed by atoms with Crippen LogP contribution in [-0.2, 0) is 16.0 Å². The van der Waals surface area contributed by atoms with E-state index < -0.39 is 17.3 Å². The molecule has 1 aromatic carbocycles. The van der Waals surface area contributed by atoms with Crippen molar-refractivity contribution in [2.45, 2.75) is 50.4 Å². The molecule has 1 aromatic rings. The van der Waals surface area contributed by atoms with Gasteiger partial charge < -0.3 is 24.1 Å². The van der Waals surface area contributed by atoms with Crippen molar-refractivity contribution < 1.29 is 28.8 Å². The summed E-state index contributed by atoms with van der Waals surface area (Å²) in [6.45, 7) is 11.5. The number of fused-ring (bicyclic) bond motifs is 2. The van der Waals surface area contributed by atoms with Gasteiger partial charge in [0.2, 0.25) is 6.79 Å². The second kappa shape index (κ2) is 7.36. The zero-order valence-electron chi connectivity index (χ0n) is 17.3. The average molecular weight is 410 g/mol. The van der Waals surface area contributed by atoms with Gasteiger partial charge in [0.1, 0.15) is 28.8 Å². The molecular weight excluding hydrogens is 384 g/mol. The van der Waals surface area contributed by atoms with Crippen molar-refractivity contribution in [2.24, 2.45) is 0 Å². The number of hydrogen-bond donors (Lipinski definition) is 1. The topological polar surface area (TPSA) is 74.2 Å². The van der Waals surface area contributed by atoms with Gasteiger partial charge in [-0.3, -0.25) is 4.79 Å². The van der Waals surface area contributed by atoms with Crippen molar-refractivity contribution in [3.63, 3.8) is 0 Å². The molecule has 3 aliphatic rings. The molecule has 0 saturated carbocycles. The summed E-state index contributed by atoms with van der Waals surface area (Å²) in [6, 6.07) is 3.70. The maximum Gasteiger partial charge on any atom is 0.231 e. The van der Waals surface area contributed by atoms with E-state index in [4.69, 9.17) is 18.9 Å². The fourth-order valence-corrected chi connectivity index (χ4v) is 3.97. The highest BCUT2D eigenvalue weighted by molar-refractivity contribution is 6.06. The van der Waals surface area contributed by atoms with Crippen LogP contribution >= 0.6 is 0 Å². The third-order valence-corrected chi connectivity index (χ3v) is 5.62. The minimum atomic E-state index is -1.32.